The second-order valence-electron chi connectivity index (χ2n) is 5.71. The third-order valence-electron chi connectivity index (χ3n) is 4.51. The van der Waals surface area contributed by atoms with E-state index in [9.17, 15) is 0 Å². The molecule has 1 fully saturated rings. The molecule has 0 radical (unpaired) electrons. The maximum absolute atomic E-state index is 8.73. The topological polar surface area (TPSA) is 23.5 Å². The van der Waals surface area contributed by atoms with E-state index in [0.29, 0.717) is 11.8 Å². The normalized spacial score (nSPS) is 17.9. The molecule has 2 heterocycles. The summed E-state index contributed by atoms with van der Waals surface area (Å²) in [5.41, 5.74) is 0.557. The molecule has 1 aromatic rings. The summed E-state index contributed by atoms with van der Waals surface area (Å²) in [5, 5.41) is 8.73. The lowest BCUT2D eigenvalue weighted by Crippen LogP contribution is -2.25. The summed E-state index contributed by atoms with van der Waals surface area (Å²) in [5.74, 6) is 6.11. The highest BCUT2D eigenvalue weighted by molar-refractivity contribution is 7.12. The molecular weight excluding hydrogens is 266 g/mol. The molecule has 2 rings (SSSR count). The molecule has 1 aliphatic heterocycles. The van der Waals surface area contributed by atoms with Crippen molar-refractivity contribution >= 4 is 11.3 Å². The Morgan fingerprint density at radius 3 is 2.80 bits per heavy atom. The van der Waals surface area contributed by atoms with Gasteiger partial charge in [-0.1, -0.05) is 25.7 Å². The zero-order valence-electron chi connectivity index (χ0n) is 12.6. The zero-order chi connectivity index (χ0) is 14.4. The summed E-state index contributed by atoms with van der Waals surface area (Å²) in [4.78, 5) is 5.11. The first-order valence-corrected chi connectivity index (χ1v) is 8.44. The highest BCUT2D eigenvalue weighted by Crippen LogP contribution is 2.37. The first-order valence-electron chi connectivity index (χ1n) is 7.62. The van der Waals surface area contributed by atoms with Crippen LogP contribution < -0.4 is 0 Å². The average Bonchev–Trinajstić information content (AvgIpc) is 3.07. The van der Waals surface area contributed by atoms with Crippen LogP contribution in [0.15, 0.2) is 12.1 Å². The van der Waals surface area contributed by atoms with Gasteiger partial charge in [0.15, 0.2) is 0 Å². The molecule has 0 aromatic carbocycles. The van der Waals surface area contributed by atoms with Gasteiger partial charge >= 0.3 is 0 Å². The smallest absolute Gasteiger partial charge is 0.0771 e. The van der Waals surface area contributed by atoms with Crippen molar-refractivity contribution < 1.29 is 5.11 Å². The van der Waals surface area contributed by atoms with Crippen molar-refractivity contribution in [2.24, 2.45) is 5.41 Å². The minimum absolute atomic E-state index is 0.148. The zero-order valence-corrected chi connectivity index (χ0v) is 13.4. The Balaban J connectivity index is 1.91. The van der Waals surface area contributed by atoms with Crippen LogP contribution in [0.5, 0.6) is 0 Å². The van der Waals surface area contributed by atoms with E-state index in [1.54, 1.807) is 11.3 Å². The van der Waals surface area contributed by atoms with Crippen molar-refractivity contribution in [2.45, 2.75) is 46.1 Å². The summed E-state index contributed by atoms with van der Waals surface area (Å²) in [7, 11) is 0. The Morgan fingerprint density at radius 2 is 2.15 bits per heavy atom. The van der Waals surface area contributed by atoms with Crippen LogP contribution in [-0.4, -0.2) is 29.7 Å². The van der Waals surface area contributed by atoms with E-state index < -0.39 is 0 Å². The van der Waals surface area contributed by atoms with Crippen molar-refractivity contribution in [2.75, 3.05) is 19.7 Å². The van der Waals surface area contributed by atoms with Crippen molar-refractivity contribution in [3.8, 4) is 11.8 Å². The Labute approximate surface area is 126 Å². The van der Waals surface area contributed by atoms with E-state index in [0.717, 1.165) is 11.4 Å². The van der Waals surface area contributed by atoms with E-state index in [-0.39, 0.29) is 6.61 Å². The Hall–Kier alpha value is -0.820. The first-order chi connectivity index (χ1) is 9.71. The number of rotatable bonds is 5. The van der Waals surface area contributed by atoms with E-state index in [4.69, 9.17) is 5.11 Å². The number of nitrogens with zero attached hydrogens (tertiary/aromatic N) is 1. The van der Waals surface area contributed by atoms with Crippen LogP contribution >= 0.6 is 11.3 Å². The highest BCUT2D eigenvalue weighted by Gasteiger charge is 2.34. The number of likely N-dealkylation sites (tertiary alicyclic amines) is 1. The van der Waals surface area contributed by atoms with Gasteiger partial charge in [0.05, 0.1) is 11.5 Å². The van der Waals surface area contributed by atoms with Gasteiger partial charge in [-0.15, -0.1) is 11.3 Å². The van der Waals surface area contributed by atoms with Gasteiger partial charge in [0.1, 0.15) is 0 Å². The largest absolute Gasteiger partial charge is 0.395 e. The van der Waals surface area contributed by atoms with Gasteiger partial charge in [0.25, 0.3) is 0 Å². The van der Waals surface area contributed by atoms with Gasteiger partial charge in [0, 0.05) is 24.4 Å². The fourth-order valence-electron chi connectivity index (χ4n) is 2.95. The highest BCUT2D eigenvalue weighted by atomic mass is 32.1. The van der Waals surface area contributed by atoms with Gasteiger partial charge in [-0.3, -0.25) is 4.90 Å². The molecule has 110 valence electrons. The van der Waals surface area contributed by atoms with Crippen LogP contribution in [0.2, 0.25) is 0 Å². The molecule has 3 heteroatoms. The maximum Gasteiger partial charge on any atom is 0.0771 e. The van der Waals surface area contributed by atoms with Gasteiger partial charge < -0.3 is 5.11 Å². The van der Waals surface area contributed by atoms with E-state index in [1.807, 2.05) is 0 Å². The molecule has 0 amide bonds. The Bertz CT molecular complexity index is 479. The minimum Gasteiger partial charge on any atom is -0.395 e. The number of aliphatic hydroxyl groups is 1. The van der Waals surface area contributed by atoms with Crippen LogP contribution in [0.1, 0.15) is 49.3 Å². The predicted molar refractivity (Wildman–Crippen MR) is 85.8 cm³/mol. The molecule has 0 unspecified atom stereocenters. The number of aliphatic hydroxyl groups excluding tert-OH is 1. The van der Waals surface area contributed by atoms with Crippen molar-refractivity contribution in [3.05, 3.63) is 21.9 Å². The van der Waals surface area contributed by atoms with Crippen LogP contribution in [0, 0.1) is 17.3 Å². The lowest BCUT2D eigenvalue weighted by atomic mass is 9.82. The minimum atomic E-state index is 0.148. The SMILES string of the molecule is CCC1(CC)CCN(Cc2ccc(C#CCCO)s2)C1. The summed E-state index contributed by atoms with van der Waals surface area (Å²) in [6.07, 6.45) is 4.49. The molecule has 20 heavy (non-hydrogen) atoms. The summed E-state index contributed by atoms with van der Waals surface area (Å²) in [6, 6.07) is 4.30. The molecule has 1 aromatic heterocycles. The fraction of sp³-hybridized carbons (Fsp3) is 0.647. The molecule has 1 aliphatic rings. The van der Waals surface area contributed by atoms with Crippen molar-refractivity contribution in [1.29, 1.82) is 0 Å². The Kier molecular flexibility index (Phi) is 5.65. The van der Waals surface area contributed by atoms with Gasteiger partial charge in [-0.2, -0.15) is 0 Å². The fourth-order valence-corrected chi connectivity index (χ4v) is 3.87. The quantitative estimate of drug-likeness (QED) is 0.839. The molecule has 0 aliphatic carbocycles. The summed E-state index contributed by atoms with van der Waals surface area (Å²) in [6.45, 7) is 8.33. The second-order valence-corrected chi connectivity index (χ2v) is 6.88. The lowest BCUT2D eigenvalue weighted by molar-refractivity contribution is 0.237. The molecule has 0 atom stereocenters. The lowest BCUT2D eigenvalue weighted by Gasteiger charge is -2.26. The second kappa shape index (κ2) is 7.26. The molecule has 0 saturated carbocycles. The molecule has 0 spiro atoms. The van der Waals surface area contributed by atoms with Crippen LogP contribution in [-0.2, 0) is 6.54 Å². The van der Waals surface area contributed by atoms with E-state index >= 15 is 0 Å². The van der Waals surface area contributed by atoms with Gasteiger partial charge in [-0.25, -0.2) is 0 Å². The standard InChI is InChI=1S/C17H25NOS/c1-3-17(4-2)10-11-18(14-17)13-16-9-8-15(20-16)7-5-6-12-19/h8-9,19H,3-4,6,10-14H2,1-2H3. The maximum atomic E-state index is 8.73. The number of hydrogen-bond donors (Lipinski definition) is 1. The van der Waals surface area contributed by atoms with Crippen molar-refractivity contribution in [1.82, 2.24) is 4.90 Å². The third-order valence-corrected chi connectivity index (χ3v) is 5.49. The first kappa shape index (κ1) is 15.6. The molecule has 0 bridgehead atoms. The van der Waals surface area contributed by atoms with Crippen molar-refractivity contribution in [3.63, 3.8) is 0 Å². The Morgan fingerprint density at radius 1 is 1.35 bits per heavy atom. The van der Waals surface area contributed by atoms with Crippen LogP contribution in [0.4, 0.5) is 0 Å². The molecule has 1 saturated heterocycles. The average molecular weight is 291 g/mol. The van der Waals surface area contributed by atoms with Gasteiger partial charge in [0.2, 0.25) is 0 Å². The van der Waals surface area contributed by atoms with E-state index in [1.165, 1.54) is 37.2 Å². The predicted octanol–water partition coefficient (Wildman–Crippen LogP) is 3.49. The molecule has 2 nitrogen and oxygen atoms in total. The number of thiophene rings is 1. The third kappa shape index (κ3) is 3.85. The summed E-state index contributed by atoms with van der Waals surface area (Å²) < 4.78 is 0. The van der Waals surface area contributed by atoms with Gasteiger partial charge in [-0.05, 0) is 43.4 Å². The number of hydrogen-bond acceptors (Lipinski definition) is 3. The van der Waals surface area contributed by atoms with Crippen LogP contribution in [0.3, 0.4) is 0 Å². The van der Waals surface area contributed by atoms with Crippen LogP contribution in [0.25, 0.3) is 0 Å². The molecule has 1 N–H and O–H groups in total. The van der Waals surface area contributed by atoms with E-state index in [2.05, 4.69) is 42.7 Å². The molecular formula is C17H25NOS. The monoisotopic (exact) mass is 291 g/mol. The summed E-state index contributed by atoms with van der Waals surface area (Å²) >= 11 is 1.79.